The molecule has 0 bridgehead atoms. The zero-order chi connectivity index (χ0) is 15.1. The molecule has 4 nitrogen and oxygen atoms in total. The number of halogens is 2. The van der Waals surface area contributed by atoms with Gasteiger partial charge in [-0.25, -0.2) is 17.2 Å². The molecule has 1 aromatic rings. The van der Waals surface area contributed by atoms with Crippen LogP contribution in [0.2, 0.25) is 0 Å². The number of nitrogens with two attached hydrogens (primary N) is 1. The maximum absolute atomic E-state index is 13.9. The van der Waals surface area contributed by atoms with Gasteiger partial charge in [0.2, 0.25) is 0 Å². The summed E-state index contributed by atoms with van der Waals surface area (Å²) in [7, 11) is -3.14. The Balaban J connectivity index is 2.32. The Morgan fingerprint density at radius 3 is 2.55 bits per heavy atom. The zero-order valence-electron chi connectivity index (χ0n) is 10.7. The van der Waals surface area contributed by atoms with Crippen molar-refractivity contribution in [2.45, 2.75) is 18.9 Å². The largest absolute Gasteiger partial charge is 0.389 e. The van der Waals surface area contributed by atoms with Crippen LogP contribution in [0, 0.1) is 11.6 Å². The van der Waals surface area contributed by atoms with Crippen molar-refractivity contribution in [3.8, 4) is 0 Å². The third-order valence-electron chi connectivity index (χ3n) is 3.29. The third kappa shape index (κ3) is 2.90. The molecular weight excluding hydrogens is 306 g/mol. The molecule has 1 aromatic carbocycles. The third-order valence-corrected chi connectivity index (χ3v) is 5.41. The van der Waals surface area contributed by atoms with Crippen LogP contribution >= 0.6 is 12.2 Å². The van der Waals surface area contributed by atoms with E-state index in [0.717, 1.165) is 0 Å². The first-order chi connectivity index (χ1) is 9.14. The number of rotatable bonds is 3. The van der Waals surface area contributed by atoms with E-state index in [-0.39, 0.29) is 27.7 Å². The van der Waals surface area contributed by atoms with E-state index in [9.17, 15) is 17.2 Å². The molecule has 1 saturated heterocycles. The van der Waals surface area contributed by atoms with Crippen LogP contribution < -0.4 is 11.1 Å². The van der Waals surface area contributed by atoms with Gasteiger partial charge in [-0.3, -0.25) is 0 Å². The van der Waals surface area contributed by atoms with E-state index in [1.165, 1.54) is 12.1 Å². The molecule has 1 atom stereocenters. The van der Waals surface area contributed by atoms with Gasteiger partial charge >= 0.3 is 0 Å². The van der Waals surface area contributed by atoms with E-state index in [4.69, 9.17) is 5.73 Å². The fraction of sp³-hybridized carbons (Fsp3) is 0.417. The lowest BCUT2D eigenvalue weighted by molar-refractivity contribution is 0.501. The molecule has 1 unspecified atom stereocenters. The second-order valence-electron chi connectivity index (χ2n) is 5.18. The van der Waals surface area contributed by atoms with Crippen LogP contribution in [0.25, 0.3) is 0 Å². The first-order valence-corrected chi connectivity index (χ1v) is 8.13. The minimum atomic E-state index is -3.14. The zero-order valence-corrected chi connectivity index (χ0v) is 12.4. The van der Waals surface area contributed by atoms with Crippen LogP contribution in [0.1, 0.15) is 18.9 Å². The Morgan fingerprint density at radius 2 is 2.05 bits per heavy atom. The summed E-state index contributed by atoms with van der Waals surface area (Å²) in [5, 5.41) is 2.77. The molecule has 8 heteroatoms. The van der Waals surface area contributed by atoms with Gasteiger partial charge in [-0.05, 0) is 25.5 Å². The Morgan fingerprint density at radius 1 is 1.40 bits per heavy atom. The highest BCUT2D eigenvalue weighted by molar-refractivity contribution is 7.91. The van der Waals surface area contributed by atoms with Crippen molar-refractivity contribution in [1.29, 1.82) is 0 Å². The van der Waals surface area contributed by atoms with E-state index in [0.29, 0.717) is 6.42 Å². The highest BCUT2D eigenvalue weighted by atomic mass is 32.2. The summed E-state index contributed by atoms with van der Waals surface area (Å²) < 4.78 is 50.7. The van der Waals surface area contributed by atoms with Crippen molar-refractivity contribution in [1.82, 2.24) is 0 Å². The normalized spacial score (nSPS) is 24.6. The summed E-state index contributed by atoms with van der Waals surface area (Å²) in [6.07, 6.45) is 0.341. The molecule has 1 aliphatic rings. The quantitative estimate of drug-likeness (QED) is 0.828. The SMILES string of the molecule is CC1(Nc2ccc(C(N)=S)c(F)c2F)CCS(=O)(=O)C1. The maximum Gasteiger partial charge on any atom is 0.182 e. The van der Waals surface area contributed by atoms with Crippen LogP contribution in [0.3, 0.4) is 0 Å². The standard InChI is InChI=1S/C12H14F2N2O2S2/c1-12(4-5-20(17,18)6-12)16-8-3-2-7(11(15)19)9(13)10(8)14/h2-3,16H,4-6H2,1H3,(H2,15,19). The molecule has 1 fully saturated rings. The number of benzene rings is 1. The smallest absolute Gasteiger partial charge is 0.182 e. The molecule has 1 aliphatic heterocycles. The van der Waals surface area contributed by atoms with Crippen molar-refractivity contribution in [3.63, 3.8) is 0 Å². The predicted octanol–water partition coefficient (Wildman–Crippen LogP) is 1.59. The first-order valence-electron chi connectivity index (χ1n) is 5.90. The molecule has 0 saturated carbocycles. The Kier molecular flexibility index (Phi) is 3.72. The molecule has 20 heavy (non-hydrogen) atoms. The predicted molar refractivity (Wildman–Crippen MR) is 77.5 cm³/mol. The van der Waals surface area contributed by atoms with E-state index in [1.807, 2.05) is 0 Å². The number of hydrogen-bond acceptors (Lipinski definition) is 4. The van der Waals surface area contributed by atoms with Gasteiger partial charge in [-0.1, -0.05) is 12.2 Å². The minimum Gasteiger partial charge on any atom is -0.389 e. The lowest BCUT2D eigenvalue weighted by Gasteiger charge is -2.25. The number of hydrogen-bond donors (Lipinski definition) is 2. The lowest BCUT2D eigenvalue weighted by atomic mass is 10.0. The lowest BCUT2D eigenvalue weighted by Crippen LogP contribution is -2.36. The van der Waals surface area contributed by atoms with E-state index in [2.05, 4.69) is 17.5 Å². The van der Waals surface area contributed by atoms with Crippen molar-refractivity contribution in [2.24, 2.45) is 5.73 Å². The molecule has 0 aromatic heterocycles. The van der Waals surface area contributed by atoms with Crippen molar-refractivity contribution in [3.05, 3.63) is 29.3 Å². The number of thiocarbonyl (C=S) groups is 1. The van der Waals surface area contributed by atoms with Gasteiger partial charge in [0.15, 0.2) is 21.5 Å². The van der Waals surface area contributed by atoms with Crippen molar-refractivity contribution in [2.75, 3.05) is 16.8 Å². The highest BCUT2D eigenvalue weighted by Crippen LogP contribution is 2.30. The topological polar surface area (TPSA) is 72.2 Å². The molecule has 0 radical (unpaired) electrons. The first kappa shape index (κ1) is 15.1. The highest BCUT2D eigenvalue weighted by Gasteiger charge is 2.39. The molecule has 110 valence electrons. The van der Waals surface area contributed by atoms with Gasteiger partial charge in [0.05, 0.1) is 17.2 Å². The van der Waals surface area contributed by atoms with E-state index < -0.39 is 27.0 Å². The number of anilines is 1. The van der Waals surface area contributed by atoms with E-state index in [1.54, 1.807) is 6.92 Å². The summed E-state index contributed by atoms with van der Waals surface area (Å²) >= 11 is 4.62. The van der Waals surface area contributed by atoms with Gasteiger partial charge in [0.1, 0.15) is 4.99 Å². The number of nitrogens with one attached hydrogen (secondary N) is 1. The fourth-order valence-electron chi connectivity index (χ4n) is 2.27. The fourth-order valence-corrected chi connectivity index (χ4v) is 4.52. The molecule has 0 aliphatic carbocycles. The summed E-state index contributed by atoms with van der Waals surface area (Å²) in [4.78, 5) is -0.234. The molecule has 3 N–H and O–H groups in total. The van der Waals surface area contributed by atoms with Crippen LogP contribution in [0.15, 0.2) is 12.1 Å². The maximum atomic E-state index is 13.9. The van der Waals surface area contributed by atoms with Gasteiger partial charge in [-0.15, -0.1) is 0 Å². The van der Waals surface area contributed by atoms with Crippen LogP contribution in [-0.2, 0) is 9.84 Å². The molecule has 0 spiro atoms. The van der Waals surface area contributed by atoms with Crippen LogP contribution in [0.5, 0.6) is 0 Å². The Hall–Kier alpha value is -1.28. The minimum absolute atomic E-state index is 0.0333. The second kappa shape index (κ2) is 4.92. The summed E-state index contributed by atoms with van der Waals surface area (Å²) in [6, 6.07) is 2.58. The summed E-state index contributed by atoms with van der Waals surface area (Å²) in [6.45, 7) is 1.66. The van der Waals surface area contributed by atoms with Crippen molar-refractivity contribution < 1.29 is 17.2 Å². The summed E-state index contributed by atoms with van der Waals surface area (Å²) in [5.41, 5.74) is 4.21. The van der Waals surface area contributed by atoms with Gasteiger partial charge in [0, 0.05) is 11.1 Å². The molecule has 2 rings (SSSR count). The number of sulfone groups is 1. The molecule has 1 heterocycles. The van der Waals surface area contributed by atoms with Crippen LogP contribution in [-0.4, -0.2) is 30.5 Å². The van der Waals surface area contributed by atoms with Crippen LogP contribution in [0.4, 0.5) is 14.5 Å². The molecule has 0 amide bonds. The molecular formula is C12H14F2N2O2S2. The average molecular weight is 320 g/mol. The van der Waals surface area contributed by atoms with Gasteiger partial charge in [-0.2, -0.15) is 0 Å². The van der Waals surface area contributed by atoms with E-state index >= 15 is 0 Å². The van der Waals surface area contributed by atoms with Gasteiger partial charge in [0.25, 0.3) is 0 Å². The van der Waals surface area contributed by atoms with Gasteiger partial charge < -0.3 is 11.1 Å². The Labute approximate surface area is 121 Å². The van der Waals surface area contributed by atoms with Crippen molar-refractivity contribution >= 4 is 32.7 Å². The monoisotopic (exact) mass is 320 g/mol. The summed E-state index contributed by atoms with van der Waals surface area (Å²) in [5.74, 6) is -2.32. The average Bonchev–Trinajstić information content (AvgIpc) is 2.59. The Bertz CT molecular complexity index is 676. The second-order valence-corrected chi connectivity index (χ2v) is 7.80.